The van der Waals surface area contributed by atoms with Crippen molar-refractivity contribution in [2.24, 2.45) is 0 Å². The van der Waals surface area contributed by atoms with Crippen molar-refractivity contribution in [2.75, 3.05) is 23.8 Å². The van der Waals surface area contributed by atoms with Crippen LogP contribution in [-0.4, -0.2) is 18.1 Å². The van der Waals surface area contributed by atoms with Gasteiger partial charge in [-0.05, 0) is 18.2 Å². The SMILES string of the molecule is Nc1ncc(CN2CCOc3ccc(Br)cc32)s1. The number of aromatic nitrogens is 1. The number of ether oxygens (including phenoxy) is 1. The van der Waals surface area contributed by atoms with Crippen LogP contribution in [0.3, 0.4) is 0 Å². The molecular formula is C12H12BrN3OS. The van der Waals surface area contributed by atoms with E-state index in [4.69, 9.17) is 10.5 Å². The van der Waals surface area contributed by atoms with Crippen LogP contribution in [0.15, 0.2) is 28.9 Å². The number of nitrogens with two attached hydrogens (primary N) is 1. The van der Waals surface area contributed by atoms with Gasteiger partial charge in [0.05, 0.1) is 18.8 Å². The second-order valence-corrected chi connectivity index (χ2v) is 6.11. The number of hydrogen-bond donors (Lipinski definition) is 1. The number of fused-ring (bicyclic) bond motifs is 1. The van der Waals surface area contributed by atoms with Gasteiger partial charge in [-0.2, -0.15) is 0 Å². The molecule has 1 aliphatic rings. The number of thiazole rings is 1. The summed E-state index contributed by atoms with van der Waals surface area (Å²) in [5.74, 6) is 0.932. The van der Waals surface area contributed by atoms with Crippen molar-refractivity contribution in [1.29, 1.82) is 0 Å². The Labute approximate surface area is 118 Å². The maximum Gasteiger partial charge on any atom is 0.180 e. The Morgan fingerprint density at radius 3 is 3.17 bits per heavy atom. The highest BCUT2D eigenvalue weighted by Crippen LogP contribution is 2.35. The third kappa shape index (κ3) is 2.30. The van der Waals surface area contributed by atoms with Crippen LogP contribution < -0.4 is 15.4 Å². The van der Waals surface area contributed by atoms with Crippen LogP contribution in [0.4, 0.5) is 10.8 Å². The van der Waals surface area contributed by atoms with Crippen LogP contribution in [0.5, 0.6) is 5.75 Å². The van der Waals surface area contributed by atoms with Crippen LogP contribution in [0, 0.1) is 0 Å². The lowest BCUT2D eigenvalue weighted by molar-refractivity contribution is 0.307. The van der Waals surface area contributed by atoms with Gasteiger partial charge in [-0.1, -0.05) is 15.9 Å². The number of nitrogen functional groups attached to an aromatic ring is 1. The van der Waals surface area contributed by atoms with Gasteiger partial charge in [0.15, 0.2) is 5.13 Å². The van der Waals surface area contributed by atoms with Gasteiger partial charge in [0.1, 0.15) is 12.4 Å². The summed E-state index contributed by atoms with van der Waals surface area (Å²) in [6.07, 6.45) is 1.84. The molecule has 2 N–H and O–H groups in total. The highest BCUT2D eigenvalue weighted by molar-refractivity contribution is 9.10. The summed E-state index contributed by atoms with van der Waals surface area (Å²) in [5, 5.41) is 0.618. The van der Waals surface area contributed by atoms with Gasteiger partial charge >= 0.3 is 0 Å². The van der Waals surface area contributed by atoms with Crippen molar-refractivity contribution in [1.82, 2.24) is 4.98 Å². The molecule has 1 aromatic heterocycles. The normalized spacial score (nSPS) is 14.2. The van der Waals surface area contributed by atoms with E-state index >= 15 is 0 Å². The number of halogens is 1. The van der Waals surface area contributed by atoms with E-state index in [0.717, 1.165) is 29.0 Å². The highest BCUT2D eigenvalue weighted by atomic mass is 79.9. The van der Waals surface area contributed by atoms with Crippen LogP contribution in [0.2, 0.25) is 0 Å². The van der Waals surface area contributed by atoms with Crippen molar-refractivity contribution in [3.63, 3.8) is 0 Å². The van der Waals surface area contributed by atoms with Gasteiger partial charge in [0.2, 0.25) is 0 Å². The predicted octanol–water partition coefficient (Wildman–Crippen LogP) is 2.89. The Bertz CT molecular complexity index is 572. The number of hydrogen-bond acceptors (Lipinski definition) is 5. The van der Waals surface area contributed by atoms with Crippen LogP contribution in [0.25, 0.3) is 0 Å². The van der Waals surface area contributed by atoms with Crippen LogP contribution in [-0.2, 0) is 6.54 Å². The minimum absolute atomic E-state index is 0.618. The third-order valence-corrected chi connectivity index (χ3v) is 4.10. The summed E-state index contributed by atoms with van der Waals surface area (Å²) in [5.41, 5.74) is 6.77. The van der Waals surface area contributed by atoms with E-state index in [1.165, 1.54) is 16.2 Å². The van der Waals surface area contributed by atoms with Gasteiger partial charge in [0.25, 0.3) is 0 Å². The zero-order chi connectivity index (χ0) is 12.5. The summed E-state index contributed by atoms with van der Waals surface area (Å²) in [6.45, 7) is 2.41. The molecule has 0 amide bonds. The average molecular weight is 326 g/mol. The van der Waals surface area contributed by atoms with Crippen LogP contribution in [0.1, 0.15) is 4.88 Å². The average Bonchev–Trinajstić information content (AvgIpc) is 2.76. The topological polar surface area (TPSA) is 51.4 Å². The minimum atomic E-state index is 0.618. The molecule has 4 nitrogen and oxygen atoms in total. The predicted molar refractivity (Wildman–Crippen MR) is 77.2 cm³/mol. The first kappa shape index (κ1) is 11.8. The number of rotatable bonds is 2. The monoisotopic (exact) mass is 325 g/mol. The van der Waals surface area contributed by atoms with E-state index < -0.39 is 0 Å². The Hall–Kier alpha value is -1.27. The van der Waals surface area contributed by atoms with E-state index in [1.54, 1.807) is 0 Å². The number of nitrogens with zero attached hydrogens (tertiary/aromatic N) is 2. The van der Waals surface area contributed by atoms with E-state index in [2.05, 4.69) is 31.9 Å². The summed E-state index contributed by atoms with van der Waals surface area (Å²) >= 11 is 5.03. The van der Waals surface area contributed by atoms with Gasteiger partial charge in [-0.15, -0.1) is 11.3 Å². The van der Waals surface area contributed by atoms with Crippen molar-refractivity contribution in [3.05, 3.63) is 33.7 Å². The summed E-state index contributed by atoms with van der Waals surface area (Å²) < 4.78 is 6.71. The maximum absolute atomic E-state index is 5.66. The first-order chi connectivity index (χ1) is 8.72. The van der Waals surface area contributed by atoms with Crippen molar-refractivity contribution >= 4 is 38.1 Å². The molecule has 0 radical (unpaired) electrons. The first-order valence-electron chi connectivity index (χ1n) is 5.60. The molecule has 0 spiro atoms. The molecule has 6 heteroatoms. The Balaban J connectivity index is 1.88. The molecule has 0 fully saturated rings. The van der Waals surface area contributed by atoms with Gasteiger partial charge in [0, 0.05) is 15.5 Å². The van der Waals surface area contributed by atoms with E-state index in [-0.39, 0.29) is 0 Å². The molecule has 2 heterocycles. The Morgan fingerprint density at radius 1 is 1.50 bits per heavy atom. The lowest BCUT2D eigenvalue weighted by Gasteiger charge is -2.30. The molecule has 2 aromatic rings. The minimum Gasteiger partial charge on any atom is -0.490 e. The zero-order valence-corrected chi connectivity index (χ0v) is 12.0. The second kappa shape index (κ2) is 4.78. The molecule has 94 valence electrons. The van der Waals surface area contributed by atoms with E-state index in [1.807, 2.05) is 18.3 Å². The second-order valence-electron chi connectivity index (χ2n) is 4.05. The van der Waals surface area contributed by atoms with Crippen molar-refractivity contribution < 1.29 is 4.74 Å². The molecule has 0 saturated carbocycles. The number of benzene rings is 1. The van der Waals surface area contributed by atoms with Gasteiger partial charge in [-0.25, -0.2) is 4.98 Å². The van der Waals surface area contributed by atoms with Crippen molar-refractivity contribution in [2.45, 2.75) is 6.54 Å². The smallest absolute Gasteiger partial charge is 0.180 e. The van der Waals surface area contributed by atoms with Gasteiger partial charge in [-0.3, -0.25) is 0 Å². The quantitative estimate of drug-likeness (QED) is 0.922. The molecule has 0 unspecified atom stereocenters. The maximum atomic E-state index is 5.66. The Kier molecular flexibility index (Phi) is 3.13. The molecule has 0 saturated heterocycles. The fraction of sp³-hybridized carbons (Fsp3) is 0.250. The molecule has 0 bridgehead atoms. The Morgan fingerprint density at radius 2 is 2.39 bits per heavy atom. The van der Waals surface area contributed by atoms with Crippen molar-refractivity contribution in [3.8, 4) is 5.75 Å². The molecule has 3 rings (SSSR count). The standard InChI is InChI=1S/C12H12BrN3OS/c13-8-1-2-11-10(5-8)16(3-4-17-11)7-9-6-15-12(14)18-9/h1-2,5-6H,3-4,7H2,(H2,14,15). The fourth-order valence-corrected chi connectivity index (χ4v) is 3.04. The van der Waals surface area contributed by atoms with Gasteiger partial charge < -0.3 is 15.4 Å². The highest BCUT2D eigenvalue weighted by Gasteiger charge is 2.19. The van der Waals surface area contributed by atoms with E-state index in [9.17, 15) is 0 Å². The molecule has 0 atom stereocenters. The molecule has 1 aromatic carbocycles. The zero-order valence-electron chi connectivity index (χ0n) is 9.60. The molecule has 18 heavy (non-hydrogen) atoms. The summed E-state index contributed by atoms with van der Waals surface area (Å²) in [7, 11) is 0. The summed E-state index contributed by atoms with van der Waals surface area (Å²) in [6, 6.07) is 6.07. The van der Waals surface area contributed by atoms with E-state index in [0.29, 0.717) is 11.7 Å². The third-order valence-electron chi connectivity index (χ3n) is 2.80. The first-order valence-corrected chi connectivity index (χ1v) is 7.21. The lowest BCUT2D eigenvalue weighted by Crippen LogP contribution is -2.31. The molecular weight excluding hydrogens is 314 g/mol. The molecule has 0 aliphatic carbocycles. The fourth-order valence-electron chi connectivity index (χ4n) is 1.99. The number of anilines is 2. The molecule has 1 aliphatic heterocycles. The largest absolute Gasteiger partial charge is 0.490 e. The lowest BCUT2D eigenvalue weighted by atomic mass is 10.2. The van der Waals surface area contributed by atoms with Crippen LogP contribution >= 0.6 is 27.3 Å². The summed E-state index contributed by atoms with van der Waals surface area (Å²) in [4.78, 5) is 7.54.